The molecule has 2 rings (SSSR count). The second-order valence-corrected chi connectivity index (χ2v) is 5.34. The molecule has 0 spiro atoms. The van der Waals surface area contributed by atoms with E-state index in [4.69, 9.17) is 5.11 Å². The minimum Gasteiger partial charge on any atom is -0.395 e. The highest BCUT2D eigenvalue weighted by molar-refractivity contribution is 5.94. The Morgan fingerprint density at radius 3 is 2.90 bits per heavy atom. The normalized spacial score (nSPS) is 14.1. The van der Waals surface area contributed by atoms with E-state index in [-0.39, 0.29) is 12.5 Å². The molecule has 0 heterocycles. The lowest BCUT2D eigenvalue weighted by molar-refractivity contribution is 0.0745. The van der Waals surface area contributed by atoms with Crippen LogP contribution in [0.1, 0.15) is 41.6 Å². The Hall–Kier alpha value is -1.79. The number of benzene rings is 1. The van der Waals surface area contributed by atoms with Gasteiger partial charge in [-0.1, -0.05) is 24.3 Å². The van der Waals surface area contributed by atoms with Gasteiger partial charge in [0.2, 0.25) is 0 Å². The van der Waals surface area contributed by atoms with Crippen molar-refractivity contribution in [2.45, 2.75) is 25.7 Å². The first kappa shape index (κ1) is 14.6. The molecule has 1 aromatic carbocycles. The van der Waals surface area contributed by atoms with Crippen LogP contribution in [0.4, 0.5) is 0 Å². The molecule has 0 aliphatic heterocycles. The molecule has 3 heteroatoms. The van der Waals surface area contributed by atoms with Crippen molar-refractivity contribution in [1.82, 2.24) is 4.90 Å². The van der Waals surface area contributed by atoms with Crippen molar-refractivity contribution in [2.75, 3.05) is 20.2 Å². The van der Waals surface area contributed by atoms with E-state index >= 15 is 0 Å². The quantitative estimate of drug-likeness (QED) is 0.854. The van der Waals surface area contributed by atoms with E-state index in [1.165, 1.54) is 19.3 Å². The Morgan fingerprint density at radius 2 is 2.25 bits per heavy atom. The van der Waals surface area contributed by atoms with E-state index in [1.54, 1.807) is 0 Å². The largest absolute Gasteiger partial charge is 0.395 e. The van der Waals surface area contributed by atoms with E-state index in [1.807, 2.05) is 36.2 Å². The zero-order chi connectivity index (χ0) is 14.4. The van der Waals surface area contributed by atoms with Crippen LogP contribution in [0.2, 0.25) is 0 Å². The number of hydrogen-bond donors (Lipinski definition) is 1. The fourth-order valence-corrected chi connectivity index (χ4v) is 2.32. The standard InChI is InChI=1S/C17H21NO2/c1-18(13-15-8-4-9-15)17(20)16-10-5-7-14(12-16)6-2-3-11-19/h5,7,10,12,15,19H,3-4,8-9,11,13H2,1H3. The number of nitrogens with zero attached hydrogens (tertiary/aromatic N) is 1. The SMILES string of the molecule is CN(CC1CCC1)C(=O)c1cccc(C#CCCO)c1. The average molecular weight is 271 g/mol. The van der Waals surface area contributed by atoms with Crippen molar-refractivity contribution in [3.63, 3.8) is 0 Å². The summed E-state index contributed by atoms with van der Waals surface area (Å²) >= 11 is 0. The van der Waals surface area contributed by atoms with Crippen molar-refractivity contribution in [2.24, 2.45) is 5.92 Å². The van der Waals surface area contributed by atoms with Gasteiger partial charge in [-0.3, -0.25) is 4.79 Å². The molecule has 1 aromatic rings. The fraction of sp³-hybridized carbons (Fsp3) is 0.471. The summed E-state index contributed by atoms with van der Waals surface area (Å²) in [6.45, 7) is 0.912. The topological polar surface area (TPSA) is 40.5 Å². The number of carbonyl (C=O) groups excluding carboxylic acids is 1. The second kappa shape index (κ2) is 7.12. The van der Waals surface area contributed by atoms with Gasteiger partial charge in [0.1, 0.15) is 0 Å². The number of aliphatic hydroxyl groups excluding tert-OH is 1. The minimum atomic E-state index is 0.0581. The van der Waals surface area contributed by atoms with Gasteiger partial charge in [0.05, 0.1) is 6.61 Å². The Balaban J connectivity index is 2.01. The first-order valence-electron chi connectivity index (χ1n) is 7.16. The summed E-state index contributed by atoms with van der Waals surface area (Å²) in [6.07, 6.45) is 4.23. The van der Waals surface area contributed by atoms with Crippen LogP contribution in [0.15, 0.2) is 24.3 Å². The van der Waals surface area contributed by atoms with Crippen molar-refractivity contribution in [3.8, 4) is 11.8 Å². The molecule has 106 valence electrons. The highest BCUT2D eigenvalue weighted by atomic mass is 16.2. The molecule has 1 aliphatic carbocycles. The zero-order valence-corrected chi connectivity index (χ0v) is 11.9. The Bertz CT molecular complexity index is 523. The minimum absolute atomic E-state index is 0.0581. The maximum atomic E-state index is 12.3. The van der Waals surface area contributed by atoms with Crippen LogP contribution < -0.4 is 0 Å². The van der Waals surface area contributed by atoms with Gasteiger partial charge in [0, 0.05) is 31.1 Å². The molecule has 0 radical (unpaired) electrons. The van der Waals surface area contributed by atoms with E-state index in [0.29, 0.717) is 17.9 Å². The third-order valence-corrected chi connectivity index (χ3v) is 3.68. The number of hydrogen-bond acceptors (Lipinski definition) is 2. The molecule has 1 aliphatic rings. The summed E-state index contributed by atoms with van der Waals surface area (Å²) < 4.78 is 0. The van der Waals surface area contributed by atoms with E-state index in [2.05, 4.69) is 11.8 Å². The maximum Gasteiger partial charge on any atom is 0.253 e. The van der Waals surface area contributed by atoms with Gasteiger partial charge >= 0.3 is 0 Å². The van der Waals surface area contributed by atoms with Gasteiger partial charge < -0.3 is 10.0 Å². The molecular weight excluding hydrogens is 250 g/mol. The van der Waals surface area contributed by atoms with Crippen LogP contribution in [0.25, 0.3) is 0 Å². The summed E-state index contributed by atoms with van der Waals surface area (Å²) in [5, 5.41) is 8.71. The van der Waals surface area contributed by atoms with Crippen LogP contribution in [0, 0.1) is 17.8 Å². The van der Waals surface area contributed by atoms with Gasteiger partial charge in [-0.05, 0) is 37.0 Å². The molecule has 3 nitrogen and oxygen atoms in total. The Labute approximate surface area is 120 Å². The monoisotopic (exact) mass is 271 g/mol. The molecule has 20 heavy (non-hydrogen) atoms. The summed E-state index contributed by atoms with van der Waals surface area (Å²) in [4.78, 5) is 14.1. The van der Waals surface area contributed by atoms with Gasteiger partial charge in [-0.15, -0.1) is 0 Å². The third kappa shape index (κ3) is 3.85. The van der Waals surface area contributed by atoms with Gasteiger partial charge in [-0.25, -0.2) is 0 Å². The van der Waals surface area contributed by atoms with Crippen LogP contribution in [-0.4, -0.2) is 36.1 Å². The van der Waals surface area contributed by atoms with Crippen molar-refractivity contribution in [1.29, 1.82) is 0 Å². The van der Waals surface area contributed by atoms with E-state index in [9.17, 15) is 4.79 Å². The molecule has 1 amide bonds. The lowest BCUT2D eigenvalue weighted by Crippen LogP contribution is -2.34. The van der Waals surface area contributed by atoms with Crippen LogP contribution >= 0.6 is 0 Å². The average Bonchev–Trinajstić information content (AvgIpc) is 2.42. The predicted octanol–water partition coefficient (Wildman–Crippen LogP) is 2.29. The first-order chi connectivity index (χ1) is 9.70. The Morgan fingerprint density at radius 1 is 1.45 bits per heavy atom. The zero-order valence-electron chi connectivity index (χ0n) is 11.9. The lowest BCUT2D eigenvalue weighted by Gasteiger charge is -2.30. The van der Waals surface area contributed by atoms with Gasteiger partial charge in [0.15, 0.2) is 0 Å². The maximum absolute atomic E-state index is 12.3. The fourth-order valence-electron chi connectivity index (χ4n) is 2.32. The lowest BCUT2D eigenvalue weighted by atomic mass is 9.85. The van der Waals surface area contributed by atoms with Crippen LogP contribution in [0.3, 0.4) is 0 Å². The van der Waals surface area contributed by atoms with Crippen LogP contribution in [0.5, 0.6) is 0 Å². The summed E-state index contributed by atoms with van der Waals surface area (Å²) in [5.41, 5.74) is 1.50. The molecule has 0 aromatic heterocycles. The van der Waals surface area contributed by atoms with Crippen LogP contribution in [-0.2, 0) is 0 Å². The Kier molecular flexibility index (Phi) is 5.20. The number of amides is 1. The van der Waals surface area contributed by atoms with Gasteiger partial charge in [0.25, 0.3) is 5.91 Å². The van der Waals surface area contributed by atoms with Crippen molar-refractivity contribution >= 4 is 5.91 Å². The van der Waals surface area contributed by atoms with Crippen molar-refractivity contribution < 1.29 is 9.90 Å². The molecule has 0 unspecified atom stereocenters. The molecule has 0 saturated heterocycles. The number of rotatable bonds is 4. The van der Waals surface area contributed by atoms with E-state index in [0.717, 1.165) is 12.1 Å². The molecule has 1 N–H and O–H groups in total. The molecular formula is C17H21NO2. The molecule has 1 saturated carbocycles. The van der Waals surface area contributed by atoms with E-state index < -0.39 is 0 Å². The van der Waals surface area contributed by atoms with Gasteiger partial charge in [-0.2, -0.15) is 0 Å². The molecule has 0 atom stereocenters. The first-order valence-corrected chi connectivity index (χ1v) is 7.16. The highest BCUT2D eigenvalue weighted by Crippen LogP contribution is 2.27. The molecule has 1 fully saturated rings. The third-order valence-electron chi connectivity index (χ3n) is 3.68. The summed E-state index contributed by atoms with van der Waals surface area (Å²) in [7, 11) is 1.87. The second-order valence-electron chi connectivity index (χ2n) is 5.34. The highest BCUT2D eigenvalue weighted by Gasteiger charge is 2.21. The number of carbonyl (C=O) groups is 1. The smallest absolute Gasteiger partial charge is 0.253 e. The summed E-state index contributed by atoms with van der Waals surface area (Å²) in [5.74, 6) is 6.57. The summed E-state index contributed by atoms with van der Waals surface area (Å²) in [6, 6.07) is 7.39. The van der Waals surface area contributed by atoms with Crippen molar-refractivity contribution in [3.05, 3.63) is 35.4 Å². The number of aliphatic hydroxyl groups is 1. The molecule has 0 bridgehead atoms. The predicted molar refractivity (Wildman–Crippen MR) is 79.3 cm³/mol.